The van der Waals surface area contributed by atoms with Crippen molar-refractivity contribution in [2.75, 3.05) is 0 Å². The fourth-order valence-electron chi connectivity index (χ4n) is 3.02. The number of rotatable bonds is 3. The van der Waals surface area contributed by atoms with Crippen LogP contribution in [0.25, 0.3) is 16.6 Å². The van der Waals surface area contributed by atoms with Crippen LogP contribution in [0.1, 0.15) is 27.5 Å². The topological polar surface area (TPSA) is 90.9 Å². The van der Waals surface area contributed by atoms with Crippen molar-refractivity contribution in [3.05, 3.63) is 91.8 Å². The number of hydrogen-bond donors (Lipinski definition) is 0. The monoisotopic (exact) mass is 376 g/mol. The summed E-state index contributed by atoms with van der Waals surface area (Å²) in [6.07, 6.45) is 0. The van der Waals surface area contributed by atoms with Crippen molar-refractivity contribution in [3.63, 3.8) is 0 Å². The molecule has 0 amide bonds. The van der Waals surface area contributed by atoms with Gasteiger partial charge in [0.15, 0.2) is 5.43 Å². The molecule has 1 aromatic carbocycles. The van der Waals surface area contributed by atoms with Gasteiger partial charge in [-0.2, -0.15) is 0 Å². The van der Waals surface area contributed by atoms with Crippen molar-refractivity contribution >= 4 is 22.6 Å². The molecule has 0 aliphatic heterocycles. The van der Waals surface area contributed by atoms with Crippen LogP contribution >= 0.6 is 0 Å². The summed E-state index contributed by atoms with van der Waals surface area (Å²) in [5, 5.41) is 0.399. The Bertz CT molecular complexity index is 1350. The van der Waals surface area contributed by atoms with Crippen molar-refractivity contribution < 1.29 is 13.9 Å². The van der Waals surface area contributed by atoms with E-state index in [2.05, 4.69) is 4.98 Å². The van der Waals surface area contributed by atoms with Gasteiger partial charge in [0.2, 0.25) is 5.76 Å². The average Bonchev–Trinajstić information content (AvgIpc) is 2.66. The molecule has 4 rings (SSSR count). The smallest absolute Gasteiger partial charge is 0.374 e. The zero-order valence-electron chi connectivity index (χ0n) is 15.3. The number of carbonyl (C=O) groups is 1. The van der Waals surface area contributed by atoms with Crippen molar-refractivity contribution in [1.82, 2.24) is 9.38 Å². The second-order valence-corrected chi connectivity index (χ2v) is 6.50. The minimum atomic E-state index is -0.800. The molecule has 0 saturated heterocycles. The van der Waals surface area contributed by atoms with Gasteiger partial charge in [-0.1, -0.05) is 17.7 Å². The highest BCUT2D eigenvalue weighted by molar-refractivity contribution is 5.89. The third kappa shape index (κ3) is 3.18. The molecule has 0 N–H and O–H groups in total. The molecule has 0 saturated carbocycles. The van der Waals surface area contributed by atoms with E-state index >= 15 is 0 Å². The van der Waals surface area contributed by atoms with Crippen molar-refractivity contribution in [3.8, 4) is 0 Å². The Labute approximate surface area is 158 Å². The number of aromatic nitrogens is 2. The predicted octanol–water partition coefficient (Wildman–Crippen LogP) is 2.77. The highest BCUT2D eigenvalue weighted by Gasteiger charge is 2.15. The third-order valence-electron chi connectivity index (χ3n) is 4.37. The maximum Gasteiger partial charge on any atom is 0.374 e. The number of nitrogens with zero attached hydrogens (tertiary/aromatic N) is 2. The molecule has 0 radical (unpaired) electrons. The standard InChI is InChI=1S/C21H16N2O5/c1-12-6-7-17-15(8-12)16(24)10-18(28-17)21(26)27-11-14-9-20(25)23-13(2)4-3-5-19(23)22-14/h3-10H,11H2,1-2H3. The van der Waals surface area contributed by atoms with Gasteiger partial charge in [0.25, 0.3) is 5.56 Å². The lowest BCUT2D eigenvalue weighted by Gasteiger charge is -2.07. The van der Waals surface area contributed by atoms with Crippen LogP contribution in [0.3, 0.4) is 0 Å². The number of hydrogen-bond acceptors (Lipinski definition) is 6. The fourth-order valence-corrected chi connectivity index (χ4v) is 3.02. The molecule has 3 heterocycles. The molecular formula is C21H16N2O5. The molecule has 7 heteroatoms. The van der Waals surface area contributed by atoms with Crippen LogP contribution in [-0.2, 0) is 11.3 Å². The average molecular weight is 376 g/mol. The fraction of sp³-hybridized carbons (Fsp3) is 0.143. The lowest BCUT2D eigenvalue weighted by molar-refractivity contribution is 0.0431. The lowest BCUT2D eigenvalue weighted by atomic mass is 10.1. The second kappa shape index (κ2) is 6.77. The number of fused-ring (bicyclic) bond motifs is 2. The van der Waals surface area contributed by atoms with Gasteiger partial charge >= 0.3 is 5.97 Å². The molecular weight excluding hydrogens is 360 g/mol. The van der Waals surface area contributed by atoms with E-state index in [4.69, 9.17) is 9.15 Å². The third-order valence-corrected chi connectivity index (χ3v) is 4.37. The largest absolute Gasteiger partial charge is 0.453 e. The van der Waals surface area contributed by atoms with E-state index in [9.17, 15) is 14.4 Å². The molecule has 7 nitrogen and oxygen atoms in total. The Balaban J connectivity index is 1.60. The summed E-state index contributed by atoms with van der Waals surface area (Å²) in [5.41, 5.74) is 2.17. The summed E-state index contributed by atoms with van der Waals surface area (Å²) in [4.78, 5) is 41.2. The highest BCUT2D eigenvalue weighted by atomic mass is 16.5. The van der Waals surface area contributed by atoms with Gasteiger partial charge < -0.3 is 9.15 Å². The van der Waals surface area contributed by atoms with Crippen molar-refractivity contribution in [2.24, 2.45) is 0 Å². The number of pyridine rings is 1. The summed E-state index contributed by atoms with van der Waals surface area (Å²) < 4.78 is 12.2. The number of aryl methyl sites for hydroxylation is 2. The minimum Gasteiger partial charge on any atom is -0.453 e. The first-order valence-corrected chi connectivity index (χ1v) is 8.62. The van der Waals surface area contributed by atoms with Crippen LogP contribution in [0, 0.1) is 13.8 Å². The number of benzene rings is 1. The van der Waals surface area contributed by atoms with E-state index in [0.717, 1.165) is 17.3 Å². The Kier molecular flexibility index (Phi) is 4.27. The van der Waals surface area contributed by atoms with E-state index in [1.165, 1.54) is 10.5 Å². The van der Waals surface area contributed by atoms with Gasteiger partial charge in [-0.15, -0.1) is 0 Å². The Morgan fingerprint density at radius 3 is 2.75 bits per heavy atom. The highest BCUT2D eigenvalue weighted by Crippen LogP contribution is 2.15. The summed E-state index contributed by atoms with van der Waals surface area (Å²) in [7, 11) is 0. The van der Waals surface area contributed by atoms with Gasteiger partial charge in [0, 0.05) is 17.8 Å². The molecule has 0 aliphatic rings. The molecule has 4 aromatic rings. The number of esters is 1. The summed E-state index contributed by atoms with van der Waals surface area (Å²) in [5.74, 6) is -1.000. The lowest BCUT2D eigenvalue weighted by Crippen LogP contribution is -2.18. The minimum absolute atomic E-state index is 0.199. The molecule has 0 unspecified atom stereocenters. The van der Waals surface area contributed by atoms with Crippen LogP contribution in [0.4, 0.5) is 0 Å². The first-order chi connectivity index (χ1) is 13.4. The van der Waals surface area contributed by atoms with Gasteiger partial charge in [0.05, 0.1) is 11.1 Å². The Morgan fingerprint density at radius 1 is 1.11 bits per heavy atom. The van der Waals surface area contributed by atoms with Gasteiger partial charge in [-0.25, -0.2) is 9.78 Å². The first-order valence-electron chi connectivity index (χ1n) is 8.62. The van der Waals surface area contributed by atoms with Gasteiger partial charge in [-0.3, -0.25) is 14.0 Å². The zero-order valence-corrected chi connectivity index (χ0v) is 15.3. The molecule has 0 aliphatic carbocycles. The normalized spacial score (nSPS) is 11.1. The predicted molar refractivity (Wildman–Crippen MR) is 103 cm³/mol. The van der Waals surface area contributed by atoms with E-state index in [-0.39, 0.29) is 23.4 Å². The van der Waals surface area contributed by atoms with E-state index in [0.29, 0.717) is 22.3 Å². The second-order valence-electron chi connectivity index (χ2n) is 6.50. The van der Waals surface area contributed by atoms with Crippen molar-refractivity contribution in [2.45, 2.75) is 20.5 Å². The SMILES string of the molecule is Cc1ccc2oc(C(=O)OCc3cc(=O)n4c(C)cccc4n3)cc(=O)c2c1. The van der Waals surface area contributed by atoms with E-state index in [1.54, 1.807) is 43.3 Å². The number of carbonyl (C=O) groups excluding carboxylic acids is 1. The van der Waals surface area contributed by atoms with Crippen LogP contribution < -0.4 is 11.0 Å². The summed E-state index contributed by atoms with van der Waals surface area (Å²) in [6.45, 7) is 3.45. The molecule has 0 bridgehead atoms. The van der Waals surface area contributed by atoms with Crippen LogP contribution in [-0.4, -0.2) is 15.4 Å². The first kappa shape index (κ1) is 17.7. The Morgan fingerprint density at radius 2 is 1.93 bits per heavy atom. The van der Waals surface area contributed by atoms with Crippen molar-refractivity contribution in [1.29, 1.82) is 0 Å². The number of ether oxygens (including phenoxy) is 1. The molecule has 140 valence electrons. The quantitative estimate of drug-likeness (QED) is 0.511. The van der Waals surface area contributed by atoms with Crippen LogP contribution in [0.2, 0.25) is 0 Å². The summed E-state index contributed by atoms with van der Waals surface area (Å²) >= 11 is 0. The summed E-state index contributed by atoms with van der Waals surface area (Å²) in [6, 6.07) is 12.8. The Hall–Kier alpha value is -3.74. The molecule has 3 aromatic heterocycles. The molecule has 28 heavy (non-hydrogen) atoms. The van der Waals surface area contributed by atoms with Crippen LogP contribution in [0.5, 0.6) is 0 Å². The van der Waals surface area contributed by atoms with Gasteiger partial charge in [-0.05, 0) is 38.1 Å². The molecule has 0 fully saturated rings. The maximum absolute atomic E-state index is 12.3. The van der Waals surface area contributed by atoms with Crippen LogP contribution in [0.15, 0.2) is 62.5 Å². The van der Waals surface area contributed by atoms with E-state index < -0.39 is 5.97 Å². The van der Waals surface area contributed by atoms with Gasteiger partial charge in [0.1, 0.15) is 17.8 Å². The zero-order chi connectivity index (χ0) is 19.8. The molecule has 0 atom stereocenters. The molecule has 0 spiro atoms. The van der Waals surface area contributed by atoms with E-state index in [1.807, 2.05) is 6.92 Å². The maximum atomic E-state index is 12.3.